The molecule has 2 rings (SSSR count). The predicted octanol–water partition coefficient (Wildman–Crippen LogP) is 4.51. The van der Waals surface area contributed by atoms with Crippen molar-refractivity contribution in [2.45, 2.75) is 6.18 Å². The third-order valence-corrected chi connectivity index (χ3v) is 3.42. The van der Waals surface area contributed by atoms with E-state index in [9.17, 15) is 22.8 Å². The van der Waals surface area contributed by atoms with Crippen molar-refractivity contribution in [3.63, 3.8) is 0 Å². The molecule has 0 radical (unpaired) electrons. The van der Waals surface area contributed by atoms with Gasteiger partial charge in [0.05, 0.1) is 11.1 Å². The van der Waals surface area contributed by atoms with E-state index in [4.69, 9.17) is 4.74 Å². The van der Waals surface area contributed by atoms with E-state index in [0.29, 0.717) is 10.0 Å². The van der Waals surface area contributed by atoms with Gasteiger partial charge in [-0.25, -0.2) is 4.79 Å². The maximum atomic E-state index is 12.4. The second-order valence-electron chi connectivity index (χ2n) is 4.58. The van der Waals surface area contributed by atoms with Crippen LogP contribution >= 0.6 is 15.9 Å². The number of ketones is 1. The Bertz CT molecular complexity index is 724. The first kappa shape index (κ1) is 17.2. The fourth-order valence-electron chi connectivity index (χ4n) is 1.75. The molecule has 2 aromatic rings. The molecule has 0 fully saturated rings. The molecule has 0 saturated heterocycles. The number of halogens is 4. The van der Waals surface area contributed by atoms with Crippen LogP contribution < -0.4 is 0 Å². The highest BCUT2D eigenvalue weighted by Gasteiger charge is 2.30. The van der Waals surface area contributed by atoms with Gasteiger partial charge in [0.2, 0.25) is 0 Å². The largest absolute Gasteiger partial charge is 0.454 e. The Hall–Kier alpha value is -2.15. The van der Waals surface area contributed by atoms with Crippen molar-refractivity contribution < 1.29 is 27.5 Å². The van der Waals surface area contributed by atoms with Gasteiger partial charge in [-0.2, -0.15) is 13.2 Å². The number of hydrogen-bond donors (Lipinski definition) is 0. The zero-order valence-corrected chi connectivity index (χ0v) is 13.1. The second-order valence-corrected chi connectivity index (χ2v) is 5.50. The smallest absolute Gasteiger partial charge is 0.416 e. The zero-order valence-electron chi connectivity index (χ0n) is 11.6. The molecular weight excluding hydrogens is 377 g/mol. The molecule has 0 heterocycles. The van der Waals surface area contributed by atoms with E-state index >= 15 is 0 Å². The SMILES string of the molecule is O=C(COC(=O)c1ccc(C(F)(F)F)cc1)c1cccc(Br)c1. The topological polar surface area (TPSA) is 43.4 Å². The summed E-state index contributed by atoms with van der Waals surface area (Å²) in [5.74, 6) is -1.27. The number of esters is 1. The van der Waals surface area contributed by atoms with Crippen LogP contribution in [0.4, 0.5) is 13.2 Å². The Morgan fingerprint density at radius 1 is 1.00 bits per heavy atom. The fourth-order valence-corrected chi connectivity index (χ4v) is 2.15. The van der Waals surface area contributed by atoms with Crippen LogP contribution in [0.25, 0.3) is 0 Å². The minimum absolute atomic E-state index is 0.0555. The fraction of sp³-hybridized carbons (Fsp3) is 0.125. The molecule has 2 aromatic carbocycles. The van der Waals surface area contributed by atoms with Crippen molar-refractivity contribution in [1.82, 2.24) is 0 Å². The number of Topliss-reactive ketones (excluding diaryl/α,β-unsaturated/α-hetero) is 1. The monoisotopic (exact) mass is 386 g/mol. The number of alkyl halides is 3. The van der Waals surface area contributed by atoms with E-state index in [2.05, 4.69) is 15.9 Å². The van der Waals surface area contributed by atoms with Crippen molar-refractivity contribution >= 4 is 27.7 Å². The summed E-state index contributed by atoms with van der Waals surface area (Å²) in [6.45, 7) is -0.490. The summed E-state index contributed by atoms with van der Waals surface area (Å²) in [5, 5.41) is 0. The minimum atomic E-state index is -4.47. The summed E-state index contributed by atoms with van der Waals surface area (Å²) in [4.78, 5) is 23.6. The van der Waals surface area contributed by atoms with Crippen molar-refractivity contribution in [2.24, 2.45) is 0 Å². The third kappa shape index (κ3) is 4.66. The van der Waals surface area contributed by atoms with Crippen molar-refractivity contribution in [3.05, 3.63) is 69.7 Å². The van der Waals surface area contributed by atoms with E-state index < -0.39 is 30.1 Å². The average molecular weight is 387 g/mol. The summed E-state index contributed by atoms with van der Waals surface area (Å²) < 4.78 is 42.8. The predicted molar refractivity (Wildman–Crippen MR) is 80.2 cm³/mol. The minimum Gasteiger partial charge on any atom is -0.454 e. The number of ether oxygens (including phenoxy) is 1. The second kappa shape index (κ2) is 6.95. The van der Waals surface area contributed by atoms with Gasteiger partial charge in [-0.1, -0.05) is 28.1 Å². The van der Waals surface area contributed by atoms with E-state index in [-0.39, 0.29) is 5.56 Å². The standard InChI is InChI=1S/C16H10BrF3O3/c17-13-3-1-2-11(8-13)14(21)9-23-15(22)10-4-6-12(7-5-10)16(18,19)20/h1-8H,9H2. The van der Waals surface area contributed by atoms with Crippen molar-refractivity contribution in [2.75, 3.05) is 6.61 Å². The van der Waals surface area contributed by atoms with Crippen LogP contribution in [-0.2, 0) is 10.9 Å². The molecule has 23 heavy (non-hydrogen) atoms. The molecule has 0 aliphatic carbocycles. The van der Waals surface area contributed by atoms with Crippen LogP contribution in [0.1, 0.15) is 26.3 Å². The number of hydrogen-bond acceptors (Lipinski definition) is 3. The van der Waals surface area contributed by atoms with Gasteiger partial charge in [0.1, 0.15) is 0 Å². The highest BCUT2D eigenvalue weighted by Crippen LogP contribution is 2.29. The first-order valence-corrected chi connectivity index (χ1v) is 7.20. The molecule has 0 saturated carbocycles. The van der Waals surface area contributed by atoms with E-state index in [1.54, 1.807) is 24.3 Å². The lowest BCUT2D eigenvalue weighted by molar-refractivity contribution is -0.137. The van der Waals surface area contributed by atoms with Crippen LogP contribution in [0.5, 0.6) is 0 Å². The summed E-state index contributed by atoms with van der Waals surface area (Å²) in [5.41, 5.74) is -0.557. The normalized spacial score (nSPS) is 11.1. The molecule has 7 heteroatoms. The number of benzene rings is 2. The maximum absolute atomic E-state index is 12.4. The molecule has 0 atom stereocenters. The van der Waals surface area contributed by atoms with Gasteiger partial charge < -0.3 is 4.74 Å². The lowest BCUT2D eigenvalue weighted by Gasteiger charge is -2.08. The Labute approximate surface area is 138 Å². The molecular formula is C16H10BrF3O3. The molecule has 0 unspecified atom stereocenters. The molecule has 0 aliphatic heterocycles. The van der Waals surface area contributed by atoms with Gasteiger partial charge in [-0.15, -0.1) is 0 Å². The van der Waals surface area contributed by atoms with Crippen LogP contribution in [-0.4, -0.2) is 18.4 Å². The molecule has 0 bridgehead atoms. The summed E-state index contributed by atoms with van der Waals surface area (Å²) in [6, 6.07) is 10.1. The average Bonchev–Trinajstić information content (AvgIpc) is 2.51. The van der Waals surface area contributed by atoms with Crippen LogP contribution in [0.2, 0.25) is 0 Å². The van der Waals surface area contributed by atoms with Crippen LogP contribution in [0.15, 0.2) is 53.0 Å². The molecule has 0 spiro atoms. The molecule has 0 aliphatic rings. The molecule has 0 N–H and O–H groups in total. The maximum Gasteiger partial charge on any atom is 0.416 e. The van der Waals surface area contributed by atoms with E-state index in [0.717, 1.165) is 24.3 Å². The van der Waals surface area contributed by atoms with Crippen LogP contribution in [0.3, 0.4) is 0 Å². The zero-order chi connectivity index (χ0) is 17.0. The van der Waals surface area contributed by atoms with Gasteiger partial charge in [0.15, 0.2) is 12.4 Å². The molecule has 120 valence electrons. The summed E-state index contributed by atoms with van der Waals surface area (Å²) >= 11 is 3.22. The first-order valence-electron chi connectivity index (χ1n) is 6.40. The van der Waals surface area contributed by atoms with Crippen molar-refractivity contribution in [3.8, 4) is 0 Å². The Balaban J connectivity index is 1.98. The Morgan fingerprint density at radius 3 is 2.22 bits per heavy atom. The van der Waals surface area contributed by atoms with Gasteiger partial charge in [-0.3, -0.25) is 4.79 Å². The molecule has 3 nitrogen and oxygen atoms in total. The highest BCUT2D eigenvalue weighted by atomic mass is 79.9. The van der Waals surface area contributed by atoms with E-state index in [1.807, 2.05) is 0 Å². The van der Waals surface area contributed by atoms with E-state index in [1.165, 1.54) is 0 Å². The number of carbonyl (C=O) groups excluding carboxylic acids is 2. The van der Waals surface area contributed by atoms with Gasteiger partial charge in [0, 0.05) is 10.0 Å². The van der Waals surface area contributed by atoms with Gasteiger partial charge >= 0.3 is 12.1 Å². The summed E-state index contributed by atoms with van der Waals surface area (Å²) in [7, 11) is 0. The lowest BCUT2D eigenvalue weighted by atomic mass is 10.1. The Morgan fingerprint density at radius 2 is 1.65 bits per heavy atom. The van der Waals surface area contributed by atoms with Gasteiger partial charge in [-0.05, 0) is 36.4 Å². The Kier molecular flexibility index (Phi) is 5.20. The third-order valence-electron chi connectivity index (χ3n) is 2.93. The lowest BCUT2D eigenvalue weighted by Crippen LogP contribution is -2.14. The number of carbonyl (C=O) groups is 2. The summed E-state index contributed by atoms with van der Waals surface area (Å²) in [6.07, 6.45) is -4.47. The highest BCUT2D eigenvalue weighted by molar-refractivity contribution is 9.10. The first-order chi connectivity index (χ1) is 10.8. The van der Waals surface area contributed by atoms with Gasteiger partial charge in [0.25, 0.3) is 0 Å². The van der Waals surface area contributed by atoms with Crippen LogP contribution in [0, 0.1) is 0 Å². The molecule has 0 aromatic heterocycles. The van der Waals surface area contributed by atoms with Crippen molar-refractivity contribution in [1.29, 1.82) is 0 Å². The number of rotatable bonds is 4. The molecule has 0 amide bonds. The quantitative estimate of drug-likeness (QED) is 0.573.